The van der Waals surface area contributed by atoms with Gasteiger partial charge in [-0.15, -0.1) is 5.10 Å². The van der Waals surface area contributed by atoms with Crippen LogP contribution in [0, 0.1) is 5.82 Å². The minimum absolute atomic E-state index is 0.172. The quantitative estimate of drug-likeness (QED) is 0.863. The van der Waals surface area contributed by atoms with Gasteiger partial charge in [0.2, 0.25) is 5.16 Å². The molecular weight excluding hydrogens is 283 g/mol. The molecule has 0 aliphatic carbocycles. The van der Waals surface area contributed by atoms with E-state index in [0.717, 1.165) is 0 Å². The van der Waals surface area contributed by atoms with Gasteiger partial charge in [0.15, 0.2) is 11.6 Å². The van der Waals surface area contributed by atoms with Crippen LogP contribution in [0.1, 0.15) is 0 Å². The number of pyridine rings is 1. The average molecular weight is 289 g/mol. The lowest BCUT2D eigenvalue weighted by Crippen LogP contribution is -1.91. The van der Waals surface area contributed by atoms with Gasteiger partial charge < -0.3 is 0 Å². The van der Waals surface area contributed by atoms with Gasteiger partial charge in [0.1, 0.15) is 5.69 Å². The second kappa shape index (κ2) is 4.28. The molecule has 0 amide bonds. The van der Waals surface area contributed by atoms with Crippen LogP contribution in [0.5, 0.6) is 0 Å². The van der Waals surface area contributed by atoms with Crippen LogP contribution in [0.15, 0.2) is 21.9 Å². The molecule has 15 heavy (non-hydrogen) atoms. The average Bonchev–Trinajstić information content (AvgIpc) is 2.66. The van der Waals surface area contributed by atoms with Gasteiger partial charge >= 0.3 is 0 Å². The van der Waals surface area contributed by atoms with E-state index in [0.29, 0.717) is 15.5 Å². The Labute approximate surface area is 97.8 Å². The first kappa shape index (κ1) is 10.6. The molecule has 4 nitrogen and oxygen atoms in total. The SMILES string of the molecule is CSc1n[nH]c(-c2ncc(Br)cc2F)n1. The van der Waals surface area contributed by atoms with Crippen molar-refractivity contribution < 1.29 is 4.39 Å². The van der Waals surface area contributed by atoms with Crippen LogP contribution in [0.25, 0.3) is 11.5 Å². The third-order valence-corrected chi connectivity index (χ3v) is 2.66. The van der Waals surface area contributed by atoms with Gasteiger partial charge in [-0.1, -0.05) is 11.8 Å². The van der Waals surface area contributed by atoms with Crippen LogP contribution in [-0.4, -0.2) is 26.4 Å². The summed E-state index contributed by atoms with van der Waals surface area (Å²) in [5.74, 6) is -0.0995. The summed E-state index contributed by atoms with van der Waals surface area (Å²) in [4.78, 5) is 8.00. The zero-order valence-electron chi connectivity index (χ0n) is 7.66. The van der Waals surface area contributed by atoms with Gasteiger partial charge in [0.25, 0.3) is 0 Å². The Hall–Kier alpha value is -0.950. The fraction of sp³-hybridized carbons (Fsp3) is 0.125. The molecule has 0 aliphatic heterocycles. The van der Waals surface area contributed by atoms with Crippen LogP contribution in [0.4, 0.5) is 4.39 Å². The number of thioether (sulfide) groups is 1. The molecule has 0 unspecified atom stereocenters. The van der Waals surface area contributed by atoms with E-state index in [2.05, 4.69) is 36.1 Å². The number of nitrogens with zero attached hydrogens (tertiary/aromatic N) is 3. The molecule has 2 aromatic heterocycles. The highest BCUT2D eigenvalue weighted by Gasteiger charge is 2.11. The zero-order valence-corrected chi connectivity index (χ0v) is 10.1. The Morgan fingerprint density at radius 3 is 2.93 bits per heavy atom. The molecule has 0 bridgehead atoms. The van der Waals surface area contributed by atoms with Gasteiger partial charge in [-0.2, -0.15) is 4.98 Å². The van der Waals surface area contributed by atoms with Crippen molar-refractivity contribution in [3.05, 3.63) is 22.6 Å². The monoisotopic (exact) mass is 288 g/mol. The van der Waals surface area contributed by atoms with Crippen molar-refractivity contribution in [2.45, 2.75) is 5.16 Å². The van der Waals surface area contributed by atoms with E-state index in [1.54, 1.807) is 0 Å². The van der Waals surface area contributed by atoms with Gasteiger partial charge in [0, 0.05) is 10.7 Å². The van der Waals surface area contributed by atoms with Crippen LogP contribution >= 0.6 is 27.7 Å². The summed E-state index contributed by atoms with van der Waals surface area (Å²) < 4.78 is 14.1. The number of aromatic amines is 1. The molecule has 0 aliphatic rings. The minimum atomic E-state index is -0.437. The predicted molar refractivity (Wildman–Crippen MR) is 59.1 cm³/mol. The van der Waals surface area contributed by atoms with E-state index in [9.17, 15) is 4.39 Å². The number of hydrogen-bond donors (Lipinski definition) is 1. The third kappa shape index (κ3) is 2.18. The maximum absolute atomic E-state index is 13.5. The standard InChI is InChI=1S/C8H6BrFN4S/c1-15-8-12-7(13-14-8)6-5(10)2-4(9)3-11-6/h2-3H,1H3,(H,12,13,14). The van der Waals surface area contributed by atoms with Crippen LogP contribution < -0.4 is 0 Å². The lowest BCUT2D eigenvalue weighted by Gasteiger charge is -1.97. The van der Waals surface area contributed by atoms with E-state index < -0.39 is 5.82 Å². The molecule has 2 rings (SSSR count). The number of H-pyrrole nitrogens is 1. The smallest absolute Gasteiger partial charge is 0.208 e. The molecule has 2 heterocycles. The highest BCUT2D eigenvalue weighted by molar-refractivity contribution is 9.10. The Bertz CT molecular complexity index is 487. The highest BCUT2D eigenvalue weighted by atomic mass is 79.9. The summed E-state index contributed by atoms with van der Waals surface area (Å²) in [5, 5.41) is 7.08. The maximum atomic E-state index is 13.5. The van der Waals surface area contributed by atoms with Crippen molar-refractivity contribution in [3.8, 4) is 11.5 Å². The molecule has 0 aromatic carbocycles. The van der Waals surface area contributed by atoms with Crippen molar-refractivity contribution in [2.24, 2.45) is 0 Å². The Kier molecular flexibility index (Phi) is 3.01. The van der Waals surface area contributed by atoms with E-state index in [1.807, 2.05) is 6.26 Å². The number of halogens is 2. The van der Waals surface area contributed by atoms with Gasteiger partial charge in [-0.3, -0.25) is 5.10 Å². The second-order valence-electron chi connectivity index (χ2n) is 2.65. The molecule has 0 saturated heterocycles. The molecule has 2 aromatic rings. The summed E-state index contributed by atoms with van der Waals surface area (Å²) in [7, 11) is 0. The van der Waals surface area contributed by atoms with Gasteiger partial charge in [-0.25, -0.2) is 9.37 Å². The highest BCUT2D eigenvalue weighted by Crippen LogP contribution is 2.21. The van der Waals surface area contributed by atoms with Gasteiger partial charge in [0.05, 0.1) is 0 Å². The van der Waals surface area contributed by atoms with Crippen molar-refractivity contribution in [1.29, 1.82) is 0 Å². The van der Waals surface area contributed by atoms with Crippen molar-refractivity contribution in [2.75, 3.05) is 6.26 Å². The summed E-state index contributed by atoms with van der Waals surface area (Å²) >= 11 is 4.52. The van der Waals surface area contributed by atoms with E-state index >= 15 is 0 Å². The minimum Gasteiger partial charge on any atom is -0.257 e. The molecule has 0 fully saturated rings. The first-order valence-electron chi connectivity index (χ1n) is 3.98. The molecule has 78 valence electrons. The first-order valence-corrected chi connectivity index (χ1v) is 6.00. The van der Waals surface area contributed by atoms with Crippen LogP contribution in [0.2, 0.25) is 0 Å². The molecule has 1 N–H and O–H groups in total. The molecular formula is C8H6BrFN4S. The number of hydrogen-bond acceptors (Lipinski definition) is 4. The summed E-state index contributed by atoms with van der Waals surface area (Å²) in [5.41, 5.74) is 0.172. The van der Waals surface area contributed by atoms with Gasteiger partial charge in [-0.05, 0) is 28.3 Å². The lowest BCUT2D eigenvalue weighted by molar-refractivity contribution is 0.623. The molecule has 0 spiro atoms. The number of rotatable bonds is 2. The van der Waals surface area contributed by atoms with E-state index in [-0.39, 0.29) is 5.69 Å². The Morgan fingerprint density at radius 2 is 2.33 bits per heavy atom. The molecule has 0 saturated carbocycles. The van der Waals surface area contributed by atoms with Crippen LogP contribution in [-0.2, 0) is 0 Å². The summed E-state index contributed by atoms with van der Waals surface area (Å²) in [6.07, 6.45) is 3.36. The lowest BCUT2D eigenvalue weighted by atomic mass is 10.3. The van der Waals surface area contributed by atoms with E-state index in [1.165, 1.54) is 24.0 Å². The zero-order chi connectivity index (χ0) is 10.8. The fourth-order valence-corrected chi connectivity index (χ4v) is 1.66. The third-order valence-electron chi connectivity index (χ3n) is 1.68. The van der Waals surface area contributed by atoms with Crippen molar-refractivity contribution in [3.63, 3.8) is 0 Å². The fourth-order valence-electron chi connectivity index (χ4n) is 1.03. The Balaban J connectivity index is 2.44. The number of nitrogens with one attached hydrogen (secondary N) is 1. The first-order chi connectivity index (χ1) is 7.20. The van der Waals surface area contributed by atoms with E-state index in [4.69, 9.17) is 0 Å². The number of aromatic nitrogens is 4. The topological polar surface area (TPSA) is 54.5 Å². The Morgan fingerprint density at radius 1 is 1.53 bits per heavy atom. The van der Waals surface area contributed by atoms with Crippen molar-refractivity contribution in [1.82, 2.24) is 20.2 Å². The molecule has 0 atom stereocenters. The predicted octanol–water partition coefficient (Wildman–Crippen LogP) is 2.49. The van der Waals surface area contributed by atoms with Crippen LogP contribution in [0.3, 0.4) is 0 Å². The summed E-state index contributed by atoms with van der Waals surface area (Å²) in [6, 6.07) is 1.34. The largest absolute Gasteiger partial charge is 0.257 e. The second-order valence-corrected chi connectivity index (χ2v) is 4.34. The normalized spacial score (nSPS) is 10.6. The van der Waals surface area contributed by atoms with Crippen molar-refractivity contribution >= 4 is 27.7 Å². The molecule has 0 radical (unpaired) electrons. The maximum Gasteiger partial charge on any atom is 0.208 e. The summed E-state index contributed by atoms with van der Waals surface area (Å²) in [6.45, 7) is 0. The molecule has 7 heteroatoms.